The van der Waals surface area contributed by atoms with Crippen LogP contribution in [0.15, 0.2) is 48.5 Å². The van der Waals surface area contributed by atoms with Crippen LogP contribution >= 0.6 is 11.3 Å². The minimum Gasteiger partial charge on any atom is -0.481 e. The number of benzene rings is 2. The number of rotatable bonds is 8. The van der Waals surface area contributed by atoms with Crippen molar-refractivity contribution in [2.45, 2.75) is 19.7 Å². The molecule has 0 spiro atoms. The normalized spacial score (nSPS) is 13.2. The van der Waals surface area contributed by atoms with Crippen LogP contribution in [0.4, 0.5) is 18.2 Å². The van der Waals surface area contributed by atoms with Crippen LogP contribution in [0.1, 0.15) is 11.1 Å². The smallest absolute Gasteiger partial charge is 0.481 e. The van der Waals surface area contributed by atoms with Crippen molar-refractivity contribution in [3.05, 3.63) is 59.7 Å². The molecule has 0 aliphatic heterocycles. The molecule has 0 radical (unpaired) electrons. The van der Waals surface area contributed by atoms with E-state index in [-0.39, 0.29) is 6.42 Å². The zero-order valence-corrected chi connectivity index (χ0v) is 17.8. The molecule has 0 bridgehead atoms. The Balaban J connectivity index is 1.72. The number of sulfonamides is 1. The number of hydrogen-bond acceptors (Lipinski definition) is 5. The molecule has 0 amide bonds. The Morgan fingerprint density at radius 1 is 1.16 bits per heavy atom. The number of fused-ring (bicyclic) bond motifs is 1. The van der Waals surface area contributed by atoms with Gasteiger partial charge in [0.05, 0.1) is 11.7 Å². The fourth-order valence-corrected chi connectivity index (χ4v) is 5.87. The Kier molecular flexibility index (Phi) is 6.46. The predicted octanol–water partition coefficient (Wildman–Crippen LogP) is 4.79. The molecule has 0 aliphatic carbocycles. The Morgan fingerprint density at radius 2 is 1.81 bits per heavy atom. The maximum atomic E-state index is 12.6. The number of nitrogens with one attached hydrogen (secondary N) is 1. The zero-order chi connectivity index (χ0) is 22.8. The summed E-state index contributed by atoms with van der Waals surface area (Å²) in [4.78, 5) is 11.6. The van der Waals surface area contributed by atoms with Crippen molar-refractivity contribution in [2.24, 2.45) is 5.92 Å². The summed E-state index contributed by atoms with van der Waals surface area (Å²) in [7, 11) is -4.00. The van der Waals surface area contributed by atoms with Crippen molar-refractivity contribution >= 4 is 42.4 Å². The highest BCUT2D eigenvalue weighted by Crippen LogP contribution is 2.35. The third-order valence-electron chi connectivity index (χ3n) is 4.50. The molecule has 1 heterocycles. The van der Waals surface area contributed by atoms with Gasteiger partial charge in [-0.2, -0.15) is 0 Å². The van der Waals surface area contributed by atoms with Gasteiger partial charge in [0.2, 0.25) is 10.0 Å². The van der Waals surface area contributed by atoms with Gasteiger partial charge in [0.15, 0.2) is 0 Å². The minimum atomic E-state index is -4.84. The van der Waals surface area contributed by atoms with Crippen molar-refractivity contribution < 1.29 is 36.2 Å². The summed E-state index contributed by atoms with van der Waals surface area (Å²) in [6, 6.07) is 12.0. The van der Waals surface area contributed by atoms with E-state index in [4.69, 9.17) is 0 Å². The summed E-state index contributed by atoms with van der Waals surface area (Å²) in [5.74, 6) is -3.75. The third kappa shape index (κ3) is 6.11. The number of hydrogen-bond donors (Lipinski definition) is 2. The van der Waals surface area contributed by atoms with Gasteiger partial charge in [-0.25, -0.2) is 8.42 Å². The largest absolute Gasteiger partial charge is 0.573 e. The van der Waals surface area contributed by atoms with E-state index in [1.54, 1.807) is 6.92 Å². The molecule has 1 aromatic heterocycles. The molecule has 6 nitrogen and oxygen atoms in total. The van der Waals surface area contributed by atoms with E-state index in [0.29, 0.717) is 10.6 Å². The summed E-state index contributed by atoms with van der Waals surface area (Å²) in [5.41, 5.74) is 1.12. The zero-order valence-electron chi connectivity index (χ0n) is 16.1. The summed E-state index contributed by atoms with van der Waals surface area (Å²) >= 11 is 1.25. The summed E-state index contributed by atoms with van der Waals surface area (Å²) in [6.07, 6.45) is -5.01. The molecule has 0 saturated carbocycles. The minimum absolute atomic E-state index is 0.173. The summed E-state index contributed by atoms with van der Waals surface area (Å²) < 4.78 is 69.1. The van der Waals surface area contributed by atoms with E-state index in [0.717, 1.165) is 27.8 Å². The highest BCUT2D eigenvalue weighted by Gasteiger charge is 2.31. The van der Waals surface area contributed by atoms with Crippen molar-refractivity contribution in [1.29, 1.82) is 0 Å². The van der Waals surface area contributed by atoms with Crippen LogP contribution in [-0.2, 0) is 21.2 Å². The lowest BCUT2D eigenvalue weighted by atomic mass is 10.0. The first kappa shape index (κ1) is 22.9. The van der Waals surface area contributed by atoms with E-state index in [2.05, 4.69) is 9.46 Å². The molecule has 2 N–H and O–H groups in total. The standard InChI is InChI=1S/C20H18F3NO5S2/c1-12-16-4-2-3-5-17(16)30-18(12)24-31(27,28)11-14(19(25)26)10-13-6-8-15(9-7-13)29-20(21,22)23/h2-9,14,24H,10-11H2,1H3,(H,25,26). The third-order valence-corrected chi connectivity index (χ3v) is 7.17. The summed E-state index contributed by atoms with van der Waals surface area (Å²) in [6.45, 7) is 1.77. The highest BCUT2D eigenvalue weighted by atomic mass is 32.2. The molecule has 1 atom stereocenters. The van der Waals surface area contributed by atoms with Crippen LogP contribution < -0.4 is 9.46 Å². The Labute approximate surface area is 180 Å². The monoisotopic (exact) mass is 473 g/mol. The molecular weight excluding hydrogens is 455 g/mol. The van der Waals surface area contributed by atoms with Crippen LogP contribution in [0.5, 0.6) is 5.75 Å². The lowest BCUT2D eigenvalue weighted by molar-refractivity contribution is -0.274. The van der Waals surface area contributed by atoms with Gasteiger partial charge in [-0.05, 0) is 48.1 Å². The van der Waals surface area contributed by atoms with Crippen molar-refractivity contribution in [1.82, 2.24) is 0 Å². The van der Waals surface area contributed by atoms with Gasteiger partial charge in [-0.15, -0.1) is 24.5 Å². The van der Waals surface area contributed by atoms with Crippen LogP contribution in [-0.4, -0.2) is 31.6 Å². The molecule has 3 aromatic rings. The second-order valence-electron chi connectivity index (χ2n) is 6.87. The van der Waals surface area contributed by atoms with Gasteiger partial charge < -0.3 is 9.84 Å². The molecular formula is C20H18F3NO5S2. The number of carboxylic acids is 1. The molecule has 3 rings (SSSR count). The molecule has 0 aliphatic rings. The first-order chi connectivity index (χ1) is 14.4. The van der Waals surface area contributed by atoms with E-state index >= 15 is 0 Å². The van der Waals surface area contributed by atoms with Crippen LogP contribution in [0.2, 0.25) is 0 Å². The molecule has 0 saturated heterocycles. The average molecular weight is 473 g/mol. The van der Waals surface area contributed by atoms with Gasteiger partial charge in [0.1, 0.15) is 10.8 Å². The number of halogens is 3. The molecule has 1 unspecified atom stereocenters. The number of carbonyl (C=O) groups is 1. The van der Waals surface area contributed by atoms with Crippen LogP contribution in [0.3, 0.4) is 0 Å². The van der Waals surface area contributed by atoms with E-state index in [1.165, 1.54) is 23.5 Å². The fraction of sp³-hybridized carbons (Fsp3) is 0.250. The molecule has 11 heteroatoms. The van der Waals surface area contributed by atoms with E-state index < -0.39 is 39.8 Å². The SMILES string of the molecule is Cc1c(NS(=O)(=O)CC(Cc2ccc(OC(F)(F)F)cc2)C(=O)O)sc2ccccc12. The maximum absolute atomic E-state index is 12.6. The Morgan fingerprint density at radius 3 is 2.39 bits per heavy atom. The quantitative estimate of drug-likeness (QED) is 0.491. The fourth-order valence-electron chi connectivity index (χ4n) is 3.05. The van der Waals surface area contributed by atoms with Gasteiger partial charge in [0.25, 0.3) is 0 Å². The Hall–Kier alpha value is -2.79. The van der Waals surface area contributed by atoms with Gasteiger partial charge in [0, 0.05) is 4.70 Å². The average Bonchev–Trinajstić information content (AvgIpc) is 2.96. The number of ether oxygens (including phenoxy) is 1. The second kappa shape index (κ2) is 8.75. The summed E-state index contributed by atoms with van der Waals surface area (Å²) in [5, 5.41) is 10.8. The maximum Gasteiger partial charge on any atom is 0.573 e. The molecule has 166 valence electrons. The number of thiophene rings is 1. The van der Waals surface area contributed by atoms with Gasteiger partial charge >= 0.3 is 12.3 Å². The lowest BCUT2D eigenvalue weighted by Gasteiger charge is -2.15. The van der Waals surface area contributed by atoms with Crippen LogP contribution in [0.25, 0.3) is 10.1 Å². The number of carboxylic acid groups (broad SMARTS) is 1. The van der Waals surface area contributed by atoms with Crippen molar-refractivity contribution in [2.75, 3.05) is 10.5 Å². The topological polar surface area (TPSA) is 92.7 Å². The molecule has 31 heavy (non-hydrogen) atoms. The highest BCUT2D eigenvalue weighted by molar-refractivity contribution is 7.92. The van der Waals surface area contributed by atoms with Crippen molar-refractivity contribution in [3.63, 3.8) is 0 Å². The number of alkyl halides is 3. The first-order valence-corrected chi connectivity index (χ1v) is 11.5. The van der Waals surface area contributed by atoms with Crippen molar-refractivity contribution in [3.8, 4) is 5.75 Å². The van der Waals surface area contributed by atoms with Gasteiger partial charge in [-0.3, -0.25) is 9.52 Å². The number of aryl methyl sites for hydroxylation is 1. The van der Waals surface area contributed by atoms with Gasteiger partial charge in [-0.1, -0.05) is 30.3 Å². The Bertz CT molecular complexity index is 1190. The molecule has 0 fully saturated rings. The van der Waals surface area contributed by atoms with E-state index in [9.17, 15) is 31.5 Å². The van der Waals surface area contributed by atoms with E-state index in [1.807, 2.05) is 24.3 Å². The first-order valence-electron chi connectivity index (χ1n) is 8.99. The predicted molar refractivity (Wildman–Crippen MR) is 112 cm³/mol. The van der Waals surface area contributed by atoms with Crippen LogP contribution in [0, 0.1) is 12.8 Å². The molecule has 2 aromatic carbocycles. The lowest BCUT2D eigenvalue weighted by Crippen LogP contribution is -2.29. The number of aliphatic carboxylic acids is 1. The second-order valence-corrected chi connectivity index (χ2v) is 9.69. The number of anilines is 1.